The van der Waals surface area contributed by atoms with Crippen LogP contribution >= 0.6 is 11.8 Å². The maximum absolute atomic E-state index is 12.2. The van der Waals surface area contributed by atoms with E-state index in [0.29, 0.717) is 22.2 Å². The maximum Gasteiger partial charge on any atom is 0.240 e. The Morgan fingerprint density at radius 1 is 1.33 bits per heavy atom. The number of Topliss-reactive ketones (excluding diaryl/α,β-unsaturated/α-hetero) is 1. The number of hydrogen-bond acceptors (Lipinski definition) is 7. The summed E-state index contributed by atoms with van der Waals surface area (Å²) in [4.78, 5) is 35.6. The van der Waals surface area contributed by atoms with Gasteiger partial charge in [-0.1, -0.05) is 23.9 Å². The largest absolute Gasteiger partial charge is 0.463 e. The predicted octanol–water partition coefficient (Wildman–Crippen LogP) is 2.43. The summed E-state index contributed by atoms with van der Waals surface area (Å²) in [5.74, 6) is -0.187. The van der Waals surface area contributed by atoms with Gasteiger partial charge in [-0.3, -0.25) is 14.4 Å². The predicted molar refractivity (Wildman–Crippen MR) is 103 cm³/mol. The zero-order chi connectivity index (χ0) is 19.2. The lowest BCUT2D eigenvalue weighted by Gasteiger charge is -2.08. The molecule has 1 aliphatic heterocycles. The second-order valence-electron chi connectivity index (χ2n) is 5.65. The van der Waals surface area contributed by atoms with Gasteiger partial charge in [-0.2, -0.15) is 5.10 Å². The lowest BCUT2D eigenvalue weighted by atomic mass is 10.1. The van der Waals surface area contributed by atoms with Gasteiger partial charge in [0.15, 0.2) is 11.0 Å². The molecule has 1 aliphatic rings. The first-order chi connectivity index (χ1) is 13.0. The number of furan rings is 1. The Morgan fingerprint density at radius 2 is 2.19 bits per heavy atom. The standard InChI is InChI=1S/C18H16N4O4S/c1-11(23)12-4-2-5-13(8-12)20-16(24)9-15-17(25)21-18(27-15)22-19-10-14-6-3-7-26-14/h2-8,10,15H,9H2,1H3,(H,20,24)(H,21,22,25)/b19-10+. The molecule has 1 aromatic heterocycles. The summed E-state index contributed by atoms with van der Waals surface area (Å²) < 4.78 is 5.09. The summed E-state index contributed by atoms with van der Waals surface area (Å²) in [6.07, 6.45) is 2.91. The maximum atomic E-state index is 12.2. The first-order valence-electron chi connectivity index (χ1n) is 8.04. The van der Waals surface area contributed by atoms with Crippen molar-refractivity contribution in [2.75, 3.05) is 5.32 Å². The molecule has 2 aromatic rings. The van der Waals surface area contributed by atoms with Gasteiger partial charge in [-0.05, 0) is 31.2 Å². The van der Waals surface area contributed by atoms with E-state index in [0.717, 1.165) is 11.8 Å². The highest BCUT2D eigenvalue weighted by Gasteiger charge is 2.32. The van der Waals surface area contributed by atoms with Crippen molar-refractivity contribution in [1.29, 1.82) is 0 Å². The van der Waals surface area contributed by atoms with Crippen LogP contribution in [-0.4, -0.2) is 34.2 Å². The van der Waals surface area contributed by atoms with Crippen molar-refractivity contribution in [3.05, 3.63) is 54.0 Å². The van der Waals surface area contributed by atoms with Crippen LogP contribution in [0.5, 0.6) is 0 Å². The molecule has 0 bridgehead atoms. The Labute approximate surface area is 159 Å². The fourth-order valence-electron chi connectivity index (χ4n) is 2.29. The Balaban J connectivity index is 1.56. The third-order valence-electron chi connectivity index (χ3n) is 3.58. The lowest BCUT2D eigenvalue weighted by Crippen LogP contribution is -2.28. The minimum absolute atomic E-state index is 0.0261. The van der Waals surface area contributed by atoms with Crippen LogP contribution in [0.3, 0.4) is 0 Å². The molecule has 9 heteroatoms. The van der Waals surface area contributed by atoms with Crippen molar-refractivity contribution >= 4 is 46.4 Å². The zero-order valence-corrected chi connectivity index (χ0v) is 15.2. The molecule has 0 saturated carbocycles. The van der Waals surface area contributed by atoms with Crippen molar-refractivity contribution in [3.63, 3.8) is 0 Å². The summed E-state index contributed by atoms with van der Waals surface area (Å²) in [5.41, 5.74) is 1.01. The Morgan fingerprint density at radius 3 is 2.93 bits per heavy atom. The molecule has 1 atom stereocenters. The first-order valence-corrected chi connectivity index (χ1v) is 8.92. The first kappa shape index (κ1) is 18.6. The van der Waals surface area contributed by atoms with Gasteiger partial charge in [-0.25, -0.2) is 0 Å². The van der Waals surface area contributed by atoms with Gasteiger partial charge < -0.3 is 15.1 Å². The minimum Gasteiger partial charge on any atom is -0.463 e. The smallest absolute Gasteiger partial charge is 0.240 e. The molecule has 1 saturated heterocycles. The normalized spacial score (nSPS) is 18.0. The number of nitrogens with one attached hydrogen (secondary N) is 2. The number of ketones is 1. The Hall–Kier alpha value is -3.20. The van der Waals surface area contributed by atoms with Crippen molar-refractivity contribution in [3.8, 4) is 0 Å². The van der Waals surface area contributed by atoms with Crippen LogP contribution in [0.15, 0.2) is 57.3 Å². The molecule has 2 N–H and O–H groups in total. The van der Waals surface area contributed by atoms with E-state index in [1.165, 1.54) is 19.4 Å². The third kappa shape index (κ3) is 5.14. The van der Waals surface area contributed by atoms with Gasteiger partial charge in [-0.15, -0.1) is 5.10 Å². The molecule has 8 nitrogen and oxygen atoms in total. The molecule has 0 spiro atoms. The van der Waals surface area contributed by atoms with Crippen molar-refractivity contribution in [1.82, 2.24) is 5.32 Å². The topological polar surface area (TPSA) is 113 Å². The lowest BCUT2D eigenvalue weighted by molar-refractivity contribution is -0.122. The quantitative estimate of drug-likeness (QED) is 0.451. The molecule has 2 heterocycles. The second-order valence-corrected chi connectivity index (χ2v) is 6.84. The molecule has 3 rings (SSSR count). The van der Waals surface area contributed by atoms with Gasteiger partial charge in [0, 0.05) is 17.7 Å². The van der Waals surface area contributed by atoms with Crippen LogP contribution in [0.4, 0.5) is 5.69 Å². The number of hydrogen-bond donors (Lipinski definition) is 2. The Bertz CT molecular complexity index is 921. The van der Waals surface area contributed by atoms with Gasteiger partial charge in [0.05, 0.1) is 12.5 Å². The molecule has 27 heavy (non-hydrogen) atoms. The van der Waals surface area contributed by atoms with Crippen LogP contribution in [0.25, 0.3) is 0 Å². The fraction of sp³-hybridized carbons (Fsp3) is 0.167. The van der Waals surface area contributed by atoms with Crippen LogP contribution in [0, 0.1) is 0 Å². The molecule has 138 valence electrons. The van der Waals surface area contributed by atoms with Gasteiger partial charge in [0.25, 0.3) is 0 Å². The number of anilines is 1. The number of nitrogens with zero attached hydrogens (tertiary/aromatic N) is 2. The van der Waals surface area contributed by atoms with E-state index in [-0.39, 0.29) is 24.0 Å². The summed E-state index contributed by atoms with van der Waals surface area (Å²) >= 11 is 1.13. The van der Waals surface area contributed by atoms with E-state index in [2.05, 4.69) is 20.8 Å². The minimum atomic E-state index is -0.599. The number of amidine groups is 1. The van der Waals surface area contributed by atoms with Gasteiger partial charge in [0.1, 0.15) is 11.0 Å². The highest BCUT2D eigenvalue weighted by molar-refractivity contribution is 8.15. The van der Waals surface area contributed by atoms with E-state index in [1.807, 2.05) is 0 Å². The SMILES string of the molecule is CC(=O)c1cccc(NC(=O)CC2S/C(=N/N=C/c3ccco3)NC2=O)c1. The summed E-state index contributed by atoms with van der Waals surface area (Å²) in [6, 6.07) is 10.1. The summed E-state index contributed by atoms with van der Waals surface area (Å²) in [5, 5.41) is 12.7. The molecule has 0 radical (unpaired) electrons. The van der Waals surface area contributed by atoms with Gasteiger partial charge in [0.2, 0.25) is 11.8 Å². The molecule has 0 aliphatic carbocycles. The van der Waals surface area contributed by atoms with Crippen LogP contribution in [-0.2, 0) is 9.59 Å². The fourth-order valence-corrected chi connectivity index (χ4v) is 3.21. The number of rotatable bonds is 6. The summed E-state index contributed by atoms with van der Waals surface area (Å²) in [7, 11) is 0. The molecular formula is C18H16N4O4S. The van der Waals surface area contributed by atoms with Crippen molar-refractivity contribution < 1.29 is 18.8 Å². The van der Waals surface area contributed by atoms with Crippen LogP contribution in [0.2, 0.25) is 0 Å². The van der Waals surface area contributed by atoms with Gasteiger partial charge >= 0.3 is 0 Å². The van der Waals surface area contributed by atoms with E-state index in [4.69, 9.17) is 4.42 Å². The van der Waals surface area contributed by atoms with Crippen LogP contribution < -0.4 is 10.6 Å². The molecule has 2 amide bonds. The summed E-state index contributed by atoms with van der Waals surface area (Å²) in [6.45, 7) is 1.45. The number of amides is 2. The average Bonchev–Trinajstić information content (AvgIpc) is 3.25. The average molecular weight is 384 g/mol. The third-order valence-corrected chi connectivity index (χ3v) is 4.65. The highest BCUT2D eigenvalue weighted by Crippen LogP contribution is 2.23. The number of carbonyl (C=O) groups is 3. The molecule has 1 fully saturated rings. The second kappa shape index (κ2) is 8.45. The zero-order valence-electron chi connectivity index (χ0n) is 14.3. The Kier molecular flexibility index (Phi) is 5.82. The number of benzene rings is 1. The number of thioether (sulfide) groups is 1. The van der Waals surface area contributed by atoms with Crippen molar-refractivity contribution in [2.45, 2.75) is 18.6 Å². The highest BCUT2D eigenvalue weighted by atomic mass is 32.2. The molecule has 1 unspecified atom stereocenters. The molecule has 1 aromatic carbocycles. The van der Waals surface area contributed by atoms with E-state index in [9.17, 15) is 14.4 Å². The van der Waals surface area contributed by atoms with Crippen molar-refractivity contribution in [2.24, 2.45) is 10.2 Å². The van der Waals surface area contributed by atoms with E-state index in [1.54, 1.807) is 36.4 Å². The molecular weight excluding hydrogens is 368 g/mol. The monoisotopic (exact) mass is 384 g/mol. The van der Waals surface area contributed by atoms with E-state index >= 15 is 0 Å². The van der Waals surface area contributed by atoms with E-state index < -0.39 is 5.25 Å². The van der Waals surface area contributed by atoms with Crippen LogP contribution in [0.1, 0.15) is 29.5 Å². The number of carbonyl (C=O) groups excluding carboxylic acids is 3.